The predicted molar refractivity (Wildman–Crippen MR) is 66.5 cm³/mol. The van der Waals surface area contributed by atoms with Crippen LogP contribution in [-0.2, 0) is 5.92 Å². The summed E-state index contributed by atoms with van der Waals surface area (Å²) < 4.78 is 27.2. The molecule has 88 valence electrons. The fourth-order valence-electron chi connectivity index (χ4n) is 1.98. The lowest BCUT2D eigenvalue weighted by atomic mass is 9.98. The second kappa shape index (κ2) is 4.08. The van der Waals surface area contributed by atoms with E-state index in [-0.39, 0.29) is 24.5 Å². The van der Waals surface area contributed by atoms with E-state index in [0.29, 0.717) is 11.1 Å². The molecule has 1 aromatic carbocycles. The number of rotatable bonds is 0. The molecule has 1 heterocycles. The summed E-state index contributed by atoms with van der Waals surface area (Å²) in [5.41, 5.74) is 1.04. The van der Waals surface area contributed by atoms with Gasteiger partial charge in [0.15, 0.2) is 0 Å². The second-order valence-electron chi connectivity index (χ2n) is 3.93. The molecule has 0 aliphatic heterocycles. The Bertz CT molecular complexity index is 593. The molecule has 3 rings (SSSR count). The summed E-state index contributed by atoms with van der Waals surface area (Å²) in [5, 5.41) is 0.892. The molecule has 0 bridgehead atoms. The minimum Gasteiger partial charge on any atom is -0.246 e. The van der Waals surface area contributed by atoms with Crippen LogP contribution >= 0.6 is 12.4 Å². The number of alkyl halides is 2. The number of aromatic nitrogens is 1. The number of hydrogen-bond donors (Lipinski definition) is 0. The third-order valence-corrected chi connectivity index (χ3v) is 2.77. The molecular formula is C13H10ClF2N. The van der Waals surface area contributed by atoms with Gasteiger partial charge in [-0.3, -0.25) is 0 Å². The smallest absolute Gasteiger partial charge is 0.246 e. The number of hydrogen-bond acceptors (Lipinski definition) is 1. The SMILES string of the molecule is Cl.FC1(F)CC=Cc2cc3ccccc3nc21. The largest absolute Gasteiger partial charge is 0.293 e. The van der Waals surface area contributed by atoms with E-state index in [1.807, 2.05) is 12.1 Å². The average molecular weight is 254 g/mol. The molecule has 0 fully saturated rings. The van der Waals surface area contributed by atoms with Crippen molar-refractivity contribution in [2.75, 3.05) is 0 Å². The Morgan fingerprint density at radius 2 is 1.94 bits per heavy atom. The fourth-order valence-corrected chi connectivity index (χ4v) is 1.98. The Kier molecular flexibility index (Phi) is 2.87. The van der Waals surface area contributed by atoms with E-state index < -0.39 is 5.92 Å². The van der Waals surface area contributed by atoms with Crippen molar-refractivity contribution in [1.29, 1.82) is 0 Å². The number of allylic oxidation sites excluding steroid dienone is 1. The van der Waals surface area contributed by atoms with Crippen molar-refractivity contribution >= 4 is 29.4 Å². The summed E-state index contributed by atoms with van der Waals surface area (Å²) in [6, 6.07) is 9.08. The van der Waals surface area contributed by atoms with E-state index >= 15 is 0 Å². The first kappa shape index (κ1) is 12.0. The first-order valence-corrected chi connectivity index (χ1v) is 5.11. The highest BCUT2D eigenvalue weighted by atomic mass is 35.5. The molecule has 0 saturated carbocycles. The Balaban J connectivity index is 0.00000108. The fraction of sp³-hybridized carbons (Fsp3) is 0.154. The molecular weight excluding hydrogens is 244 g/mol. The highest BCUT2D eigenvalue weighted by Crippen LogP contribution is 2.38. The zero-order valence-electron chi connectivity index (χ0n) is 8.86. The van der Waals surface area contributed by atoms with Crippen LogP contribution in [0.1, 0.15) is 17.7 Å². The van der Waals surface area contributed by atoms with Gasteiger partial charge in [-0.15, -0.1) is 12.4 Å². The molecule has 1 aliphatic rings. The zero-order chi connectivity index (χ0) is 11.2. The topological polar surface area (TPSA) is 12.9 Å². The Labute approximate surface area is 104 Å². The summed E-state index contributed by atoms with van der Waals surface area (Å²) >= 11 is 0. The van der Waals surface area contributed by atoms with Crippen molar-refractivity contribution in [2.45, 2.75) is 12.3 Å². The first-order valence-electron chi connectivity index (χ1n) is 5.11. The molecule has 0 saturated heterocycles. The molecule has 1 aromatic heterocycles. The number of halogens is 3. The van der Waals surface area contributed by atoms with Crippen LogP contribution in [0.15, 0.2) is 36.4 Å². The Morgan fingerprint density at radius 1 is 1.18 bits per heavy atom. The van der Waals surface area contributed by atoms with Crippen molar-refractivity contribution in [3.63, 3.8) is 0 Å². The Morgan fingerprint density at radius 3 is 2.76 bits per heavy atom. The number of pyridine rings is 1. The second-order valence-corrected chi connectivity index (χ2v) is 3.93. The van der Waals surface area contributed by atoms with Gasteiger partial charge in [0, 0.05) is 17.4 Å². The van der Waals surface area contributed by atoms with Crippen LogP contribution in [0.4, 0.5) is 8.78 Å². The van der Waals surface area contributed by atoms with Gasteiger partial charge >= 0.3 is 0 Å². The van der Waals surface area contributed by atoms with E-state index in [2.05, 4.69) is 4.98 Å². The summed E-state index contributed by atoms with van der Waals surface area (Å²) in [6.45, 7) is 0. The van der Waals surface area contributed by atoms with Crippen molar-refractivity contribution in [2.24, 2.45) is 0 Å². The van der Waals surface area contributed by atoms with Crippen molar-refractivity contribution < 1.29 is 8.78 Å². The van der Waals surface area contributed by atoms with Gasteiger partial charge < -0.3 is 0 Å². The van der Waals surface area contributed by atoms with Crippen LogP contribution < -0.4 is 0 Å². The van der Waals surface area contributed by atoms with Gasteiger partial charge in [-0.2, -0.15) is 8.78 Å². The van der Waals surface area contributed by atoms with Gasteiger partial charge in [0.25, 0.3) is 5.92 Å². The monoisotopic (exact) mass is 253 g/mol. The molecule has 0 amide bonds. The normalized spacial score (nSPS) is 16.4. The molecule has 1 nitrogen and oxygen atoms in total. The van der Waals surface area contributed by atoms with Gasteiger partial charge in [-0.1, -0.05) is 30.4 Å². The lowest BCUT2D eigenvalue weighted by molar-refractivity contribution is -0.00650. The van der Waals surface area contributed by atoms with Gasteiger partial charge in [0.1, 0.15) is 5.69 Å². The summed E-state index contributed by atoms with van der Waals surface area (Å²) in [5.74, 6) is -2.84. The lowest BCUT2D eigenvalue weighted by Crippen LogP contribution is -2.18. The summed E-state index contributed by atoms with van der Waals surface area (Å²) in [4.78, 5) is 4.07. The minimum absolute atomic E-state index is 0. The maximum Gasteiger partial charge on any atom is 0.293 e. The van der Waals surface area contributed by atoms with Crippen LogP contribution in [0.2, 0.25) is 0 Å². The lowest BCUT2D eigenvalue weighted by Gasteiger charge is -2.20. The van der Waals surface area contributed by atoms with E-state index in [0.717, 1.165) is 5.39 Å². The molecule has 0 N–H and O–H groups in total. The van der Waals surface area contributed by atoms with Crippen molar-refractivity contribution in [1.82, 2.24) is 4.98 Å². The van der Waals surface area contributed by atoms with Gasteiger partial charge in [-0.25, -0.2) is 4.98 Å². The summed E-state index contributed by atoms with van der Waals surface area (Å²) in [7, 11) is 0. The van der Waals surface area contributed by atoms with Gasteiger partial charge in [-0.05, 0) is 12.1 Å². The molecule has 0 radical (unpaired) electrons. The molecule has 0 atom stereocenters. The molecule has 17 heavy (non-hydrogen) atoms. The standard InChI is InChI=1S/C13H9F2N.ClH/c14-13(15)7-3-5-10-8-9-4-1-2-6-11(9)16-12(10)13;/h1-6,8H,7H2;1H. The Hall–Kier alpha value is -1.48. The third kappa shape index (κ3) is 1.91. The first-order chi connectivity index (χ1) is 7.67. The van der Waals surface area contributed by atoms with Crippen LogP contribution in [0.3, 0.4) is 0 Å². The molecule has 4 heteroatoms. The van der Waals surface area contributed by atoms with Crippen LogP contribution in [0, 0.1) is 0 Å². The van der Waals surface area contributed by atoms with Crippen molar-refractivity contribution in [3.8, 4) is 0 Å². The van der Waals surface area contributed by atoms with E-state index in [4.69, 9.17) is 0 Å². The maximum atomic E-state index is 13.6. The minimum atomic E-state index is -2.84. The zero-order valence-corrected chi connectivity index (χ0v) is 9.68. The molecule has 1 aliphatic carbocycles. The van der Waals surface area contributed by atoms with E-state index in [9.17, 15) is 8.78 Å². The number of para-hydroxylation sites is 1. The van der Waals surface area contributed by atoms with Gasteiger partial charge in [0.2, 0.25) is 0 Å². The predicted octanol–water partition coefficient (Wildman–Crippen LogP) is 4.17. The van der Waals surface area contributed by atoms with Crippen LogP contribution in [0.25, 0.3) is 17.0 Å². The summed E-state index contributed by atoms with van der Waals surface area (Å²) in [6.07, 6.45) is 2.95. The number of fused-ring (bicyclic) bond motifs is 2. The van der Waals surface area contributed by atoms with Crippen LogP contribution in [-0.4, -0.2) is 4.98 Å². The molecule has 0 unspecified atom stereocenters. The number of nitrogens with zero attached hydrogens (tertiary/aromatic N) is 1. The quantitative estimate of drug-likeness (QED) is 0.687. The highest BCUT2D eigenvalue weighted by Gasteiger charge is 2.36. The highest BCUT2D eigenvalue weighted by molar-refractivity contribution is 5.85. The third-order valence-electron chi connectivity index (χ3n) is 2.77. The average Bonchev–Trinajstić information content (AvgIpc) is 2.27. The van der Waals surface area contributed by atoms with E-state index in [1.54, 1.807) is 24.3 Å². The van der Waals surface area contributed by atoms with Crippen molar-refractivity contribution in [3.05, 3.63) is 47.7 Å². The number of benzene rings is 1. The van der Waals surface area contributed by atoms with E-state index in [1.165, 1.54) is 6.08 Å². The molecule has 2 aromatic rings. The molecule has 0 spiro atoms. The van der Waals surface area contributed by atoms with Crippen LogP contribution in [0.5, 0.6) is 0 Å². The van der Waals surface area contributed by atoms with Gasteiger partial charge in [0.05, 0.1) is 5.52 Å². The maximum absolute atomic E-state index is 13.6.